The number of benzene rings is 1. The molecule has 1 aromatic carbocycles. The SMILES string of the molecule is CCc1oc(C(=O)Nc2cccc(C3SCCS3)c2)cc1C(=O)O. The Bertz CT molecular complexity index is 766. The second kappa shape index (κ2) is 7.36. The van der Waals surface area contributed by atoms with E-state index in [-0.39, 0.29) is 11.3 Å². The van der Waals surface area contributed by atoms with Crippen LogP contribution in [0.4, 0.5) is 5.69 Å². The number of rotatable bonds is 5. The minimum atomic E-state index is -1.09. The Balaban J connectivity index is 1.77. The second-order valence-electron chi connectivity index (χ2n) is 5.26. The van der Waals surface area contributed by atoms with Gasteiger partial charge in [-0.3, -0.25) is 4.79 Å². The summed E-state index contributed by atoms with van der Waals surface area (Å²) in [4.78, 5) is 23.5. The number of thioether (sulfide) groups is 2. The maximum Gasteiger partial charge on any atom is 0.339 e. The second-order valence-corrected chi connectivity index (χ2v) is 7.98. The van der Waals surface area contributed by atoms with Gasteiger partial charge in [0.25, 0.3) is 5.91 Å². The summed E-state index contributed by atoms with van der Waals surface area (Å²) < 4.78 is 5.79. The van der Waals surface area contributed by atoms with Crippen LogP contribution in [0.1, 0.15) is 43.7 Å². The van der Waals surface area contributed by atoms with E-state index >= 15 is 0 Å². The molecule has 2 aromatic rings. The highest BCUT2D eigenvalue weighted by atomic mass is 32.2. The van der Waals surface area contributed by atoms with Crippen molar-refractivity contribution in [2.45, 2.75) is 17.9 Å². The first kappa shape index (κ1) is 17.0. The summed E-state index contributed by atoms with van der Waals surface area (Å²) in [6.45, 7) is 1.79. The van der Waals surface area contributed by atoms with Gasteiger partial charge in [-0.2, -0.15) is 0 Å². The largest absolute Gasteiger partial charge is 0.478 e. The molecule has 0 unspecified atom stereocenters. The first-order valence-corrected chi connectivity index (χ1v) is 9.68. The molecule has 126 valence electrons. The Kier molecular flexibility index (Phi) is 5.20. The number of hydrogen-bond donors (Lipinski definition) is 2. The molecule has 1 fully saturated rings. The average molecular weight is 363 g/mol. The Morgan fingerprint density at radius 1 is 1.29 bits per heavy atom. The fourth-order valence-electron chi connectivity index (χ4n) is 2.49. The number of carboxylic acids is 1. The van der Waals surface area contributed by atoms with Gasteiger partial charge in [0, 0.05) is 29.7 Å². The third-order valence-electron chi connectivity index (χ3n) is 3.62. The minimum absolute atomic E-state index is 0.0132. The molecule has 0 atom stereocenters. The van der Waals surface area contributed by atoms with Gasteiger partial charge >= 0.3 is 5.97 Å². The summed E-state index contributed by atoms with van der Waals surface area (Å²) in [5.74, 6) is 1.05. The summed E-state index contributed by atoms with van der Waals surface area (Å²) in [5.41, 5.74) is 1.88. The van der Waals surface area contributed by atoms with E-state index in [9.17, 15) is 9.59 Å². The van der Waals surface area contributed by atoms with Gasteiger partial charge in [0.15, 0.2) is 5.76 Å². The maximum absolute atomic E-state index is 12.3. The molecular formula is C17H17NO4S2. The first-order valence-electron chi connectivity index (χ1n) is 7.59. The van der Waals surface area contributed by atoms with E-state index in [4.69, 9.17) is 9.52 Å². The zero-order chi connectivity index (χ0) is 17.1. The van der Waals surface area contributed by atoms with Crippen LogP contribution in [0.3, 0.4) is 0 Å². The number of amides is 1. The molecule has 1 aromatic heterocycles. The third kappa shape index (κ3) is 3.62. The molecule has 1 aliphatic heterocycles. The number of hydrogen-bond acceptors (Lipinski definition) is 5. The minimum Gasteiger partial charge on any atom is -0.478 e. The maximum atomic E-state index is 12.3. The molecule has 0 aliphatic carbocycles. The van der Waals surface area contributed by atoms with Gasteiger partial charge < -0.3 is 14.8 Å². The van der Waals surface area contributed by atoms with E-state index in [1.54, 1.807) is 6.92 Å². The molecule has 0 spiro atoms. The van der Waals surface area contributed by atoms with E-state index in [1.807, 2.05) is 41.7 Å². The molecule has 3 rings (SSSR count). The van der Waals surface area contributed by atoms with E-state index < -0.39 is 11.9 Å². The fraction of sp³-hybridized carbons (Fsp3) is 0.294. The van der Waals surface area contributed by atoms with Gasteiger partial charge in [-0.05, 0) is 17.7 Å². The van der Waals surface area contributed by atoms with Gasteiger partial charge in [-0.25, -0.2) is 4.79 Å². The van der Waals surface area contributed by atoms with E-state index in [1.165, 1.54) is 11.6 Å². The Labute approximate surface area is 148 Å². The predicted molar refractivity (Wildman–Crippen MR) is 97.1 cm³/mol. The molecule has 0 radical (unpaired) electrons. The number of carboxylic acid groups (broad SMARTS) is 1. The van der Waals surface area contributed by atoms with Crippen molar-refractivity contribution in [2.24, 2.45) is 0 Å². The van der Waals surface area contributed by atoms with Gasteiger partial charge in [0.1, 0.15) is 11.3 Å². The van der Waals surface area contributed by atoms with Crippen LogP contribution in [0.25, 0.3) is 0 Å². The molecule has 1 aliphatic rings. The molecule has 1 amide bonds. The number of nitrogens with one attached hydrogen (secondary N) is 1. The van der Waals surface area contributed by atoms with Crippen molar-refractivity contribution < 1.29 is 19.1 Å². The van der Waals surface area contributed by atoms with Crippen LogP contribution in [0.5, 0.6) is 0 Å². The molecule has 7 heteroatoms. The molecule has 5 nitrogen and oxygen atoms in total. The van der Waals surface area contributed by atoms with Crippen LogP contribution >= 0.6 is 23.5 Å². The topological polar surface area (TPSA) is 79.5 Å². The average Bonchev–Trinajstić information content (AvgIpc) is 3.24. The van der Waals surface area contributed by atoms with Gasteiger partial charge in [0.05, 0.1) is 4.58 Å². The molecular weight excluding hydrogens is 346 g/mol. The lowest BCUT2D eigenvalue weighted by atomic mass is 10.2. The van der Waals surface area contributed by atoms with Gasteiger partial charge in [-0.15, -0.1) is 23.5 Å². The van der Waals surface area contributed by atoms with Crippen molar-refractivity contribution >= 4 is 41.1 Å². The zero-order valence-electron chi connectivity index (χ0n) is 13.1. The van der Waals surface area contributed by atoms with Crippen LogP contribution in [-0.4, -0.2) is 28.5 Å². The smallest absolute Gasteiger partial charge is 0.339 e. The molecule has 24 heavy (non-hydrogen) atoms. The first-order chi connectivity index (χ1) is 11.6. The predicted octanol–water partition coefficient (Wildman–Crippen LogP) is 4.27. The number of anilines is 1. The highest BCUT2D eigenvalue weighted by Gasteiger charge is 2.21. The number of carbonyl (C=O) groups excluding carboxylic acids is 1. The molecule has 0 saturated carbocycles. The van der Waals surface area contributed by atoms with Crippen molar-refractivity contribution in [3.8, 4) is 0 Å². The standard InChI is InChI=1S/C17H17NO4S2/c1-2-13-12(16(20)21)9-14(22-13)15(19)18-11-5-3-4-10(8-11)17-23-6-7-24-17/h3-5,8-9,17H,2,6-7H2,1H3,(H,18,19)(H,20,21). The van der Waals surface area contributed by atoms with Crippen LogP contribution in [0.2, 0.25) is 0 Å². The van der Waals surface area contributed by atoms with E-state index in [0.717, 1.165) is 11.5 Å². The Morgan fingerprint density at radius 2 is 2.04 bits per heavy atom. The van der Waals surface area contributed by atoms with Crippen molar-refractivity contribution in [1.29, 1.82) is 0 Å². The molecule has 2 N–H and O–H groups in total. The van der Waals surface area contributed by atoms with Gasteiger partial charge in [-0.1, -0.05) is 19.1 Å². The van der Waals surface area contributed by atoms with Crippen molar-refractivity contribution in [3.05, 3.63) is 53.0 Å². The Hall–Kier alpha value is -1.86. The van der Waals surface area contributed by atoms with Crippen molar-refractivity contribution in [1.82, 2.24) is 0 Å². The quantitative estimate of drug-likeness (QED) is 0.826. The number of furan rings is 1. The van der Waals surface area contributed by atoms with Crippen LogP contribution in [-0.2, 0) is 6.42 Å². The Morgan fingerprint density at radius 3 is 2.67 bits per heavy atom. The number of aryl methyl sites for hydroxylation is 1. The third-order valence-corrected chi connectivity index (χ3v) is 6.73. The number of aromatic carboxylic acids is 1. The summed E-state index contributed by atoms with van der Waals surface area (Å²) in [6, 6.07) is 9.01. The molecule has 1 saturated heterocycles. The number of carbonyl (C=O) groups is 2. The zero-order valence-corrected chi connectivity index (χ0v) is 14.7. The summed E-state index contributed by atoms with van der Waals surface area (Å²) in [6.07, 6.45) is 0.417. The van der Waals surface area contributed by atoms with E-state index in [0.29, 0.717) is 22.5 Å². The monoisotopic (exact) mass is 363 g/mol. The van der Waals surface area contributed by atoms with E-state index in [2.05, 4.69) is 11.4 Å². The highest BCUT2D eigenvalue weighted by Crippen LogP contribution is 2.45. The van der Waals surface area contributed by atoms with Crippen molar-refractivity contribution in [2.75, 3.05) is 16.8 Å². The van der Waals surface area contributed by atoms with Crippen LogP contribution < -0.4 is 5.32 Å². The molecule has 0 bridgehead atoms. The summed E-state index contributed by atoms with van der Waals surface area (Å²) in [5, 5.41) is 11.9. The van der Waals surface area contributed by atoms with Crippen LogP contribution in [0.15, 0.2) is 34.7 Å². The lowest BCUT2D eigenvalue weighted by molar-refractivity contribution is 0.0694. The van der Waals surface area contributed by atoms with Crippen molar-refractivity contribution in [3.63, 3.8) is 0 Å². The van der Waals surface area contributed by atoms with Gasteiger partial charge in [0.2, 0.25) is 0 Å². The summed E-state index contributed by atoms with van der Waals surface area (Å²) in [7, 11) is 0. The highest BCUT2D eigenvalue weighted by molar-refractivity contribution is 8.19. The lowest BCUT2D eigenvalue weighted by Gasteiger charge is -2.10. The molecule has 2 heterocycles. The summed E-state index contributed by atoms with van der Waals surface area (Å²) >= 11 is 3.79. The van der Waals surface area contributed by atoms with Crippen LogP contribution in [0, 0.1) is 0 Å². The lowest BCUT2D eigenvalue weighted by Crippen LogP contribution is -2.11. The fourth-order valence-corrected chi connectivity index (χ4v) is 5.33. The normalized spacial score (nSPS) is 14.7.